The highest BCUT2D eigenvalue weighted by molar-refractivity contribution is 6.29. The van der Waals surface area contributed by atoms with E-state index in [9.17, 15) is 0 Å². The van der Waals surface area contributed by atoms with Crippen molar-refractivity contribution in [1.29, 1.82) is 0 Å². The van der Waals surface area contributed by atoms with Crippen LogP contribution in [-0.2, 0) is 13.0 Å². The fourth-order valence-corrected chi connectivity index (χ4v) is 2.02. The highest BCUT2D eigenvalue weighted by atomic mass is 35.5. The van der Waals surface area contributed by atoms with Crippen LogP contribution >= 0.6 is 11.6 Å². The number of nitrogens with zero attached hydrogens (tertiary/aromatic N) is 4. The van der Waals surface area contributed by atoms with Crippen molar-refractivity contribution in [3.05, 3.63) is 47.1 Å². The van der Waals surface area contributed by atoms with Crippen molar-refractivity contribution in [3.63, 3.8) is 0 Å². The number of aromatic nitrogens is 3. The molecular formula is C14H17ClN4. The quantitative estimate of drug-likeness (QED) is 0.787. The van der Waals surface area contributed by atoms with Crippen molar-refractivity contribution in [3.8, 4) is 0 Å². The van der Waals surface area contributed by atoms with Gasteiger partial charge in [-0.05, 0) is 24.1 Å². The minimum Gasteiger partial charge on any atom is -0.355 e. The first-order chi connectivity index (χ1) is 9.19. The molecule has 0 saturated heterocycles. The van der Waals surface area contributed by atoms with Crippen molar-refractivity contribution < 1.29 is 0 Å². The van der Waals surface area contributed by atoms with E-state index < -0.39 is 0 Å². The molecule has 0 unspecified atom stereocenters. The maximum atomic E-state index is 6.05. The molecule has 0 amide bonds. The second kappa shape index (κ2) is 6.48. The van der Waals surface area contributed by atoms with Crippen molar-refractivity contribution in [2.45, 2.75) is 26.3 Å². The molecule has 0 saturated carbocycles. The van der Waals surface area contributed by atoms with E-state index in [4.69, 9.17) is 11.6 Å². The number of aryl methyl sites for hydroxylation is 1. The van der Waals surface area contributed by atoms with Crippen LogP contribution in [0.1, 0.15) is 24.7 Å². The summed E-state index contributed by atoms with van der Waals surface area (Å²) in [5.74, 6) is 1.65. The highest BCUT2D eigenvalue weighted by Gasteiger charge is 2.08. The van der Waals surface area contributed by atoms with E-state index in [2.05, 4.69) is 26.8 Å². The summed E-state index contributed by atoms with van der Waals surface area (Å²) in [4.78, 5) is 14.8. The Labute approximate surface area is 118 Å². The largest absolute Gasteiger partial charge is 0.355 e. The minimum atomic E-state index is 0.495. The molecule has 0 aliphatic carbocycles. The lowest BCUT2D eigenvalue weighted by molar-refractivity contribution is 0.811. The van der Waals surface area contributed by atoms with Crippen LogP contribution in [0.3, 0.4) is 0 Å². The van der Waals surface area contributed by atoms with Crippen LogP contribution in [-0.4, -0.2) is 22.0 Å². The molecule has 0 aromatic carbocycles. The maximum Gasteiger partial charge on any atom is 0.134 e. The zero-order valence-electron chi connectivity index (χ0n) is 11.2. The topological polar surface area (TPSA) is 41.9 Å². The Hall–Kier alpha value is -1.68. The summed E-state index contributed by atoms with van der Waals surface area (Å²) in [5, 5.41) is 0.495. The average Bonchev–Trinajstić information content (AvgIpc) is 2.39. The molecule has 0 aliphatic rings. The molecular weight excluding hydrogens is 260 g/mol. The average molecular weight is 277 g/mol. The van der Waals surface area contributed by atoms with E-state index in [-0.39, 0.29) is 0 Å². The summed E-state index contributed by atoms with van der Waals surface area (Å²) >= 11 is 6.05. The van der Waals surface area contributed by atoms with Crippen LogP contribution in [0.4, 0.5) is 5.82 Å². The number of hydrogen-bond donors (Lipinski definition) is 0. The Bertz CT molecular complexity index is 530. The summed E-state index contributed by atoms with van der Waals surface area (Å²) in [7, 11) is 1.99. The Balaban J connectivity index is 2.16. The first-order valence-corrected chi connectivity index (χ1v) is 6.70. The summed E-state index contributed by atoms with van der Waals surface area (Å²) in [6.07, 6.45) is 5.43. The predicted molar refractivity (Wildman–Crippen MR) is 77.4 cm³/mol. The monoisotopic (exact) mass is 276 g/mol. The Morgan fingerprint density at radius 3 is 2.63 bits per heavy atom. The van der Waals surface area contributed by atoms with Crippen molar-refractivity contribution in [1.82, 2.24) is 15.0 Å². The van der Waals surface area contributed by atoms with Gasteiger partial charge in [0.1, 0.15) is 16.8 Å². The number of pyridine rings is 1. The first kappa shape index (κ1) is 13.7. The van der Waals surface area contributed by atoms with Crippen LogP contribution in [0.2, 0.25) is 5.15 Å². The molecule has 4 nitrogen and oxygen atoms in total. The standard InChI is InChI=1S/C14H17ClN4/c1-3-4-13-17-12(15)9-14(18-13)19(2)10-11-5-7-16-8-6-11/h5-9H,3-4,10H2,1-2H3. The Morgan fingerprint density at radius 2 is 1.95 bits per heavy atom. The fraction of sp³-hybridized carbons (Fsp3) is 0.357. The van der Waals surface area contributed by atoms with Crippen molar-refractivity contribution >= 4 is 17.4 Å². The van der Waals surface area contributed by atoms with Gasteiger partial charge in [-0.2, -0.15) is 0 Å². The third kappa shape index (κ3) is 3.89. The van der Waals surface area contributed by atoms with Gasteiger partial charge >= 0.3 is 0 Å². The molecule has 0 atom stereocenters. The zero-order chi connectivity index (χ0) is 13.7. The molecule has 100 valence electrons. The van der Waals surface area contributed by atoms with E-state index in [1.165, 1.54) is 5.56 Å². The summed E-state index contributed by atoms with van der Waals surface area (Å²) < 4.78 is 0. The van der Waals surface area contributed by atoms with Gasteiger partial charge in [-0.15, -0.1) is 0 Å². The van der Waals surface area contributed by atoms with E-state index >= 15 is 0 Å². The summed E-state index contributed by atoms with van der Waals surface area (Å²) in [6, 6.07) is 5.78. The van der Waals surface area contributed by atoms with E-state index in [1.54, 1.807) is 18.5 Å². The maximum absolute atomic E-state index is 6.05. The lowest BCUT2D eigenvalue weighted by atomic mass is 10.2. The van der Waals surface area contributed by atoms with Gasteiger partial charge in [0.2, 0.25) is 0 Å². The fourth-order valence-electron chi connectivity index (χ4n) is 1.83. The molecule has 5 heteroatoms. The zero-order valence-corrected chi connectivity index (χ0v) is 11.9. The molecule has 2 rings (SSSR count). The molecule has 2 aromatic rings. The SMILES string of the molecule is CCCc1nc(Cl)cc(N(C)Cc2ccncc2)n1. The second-order valence-electron chi connectivity index (χ2n) is 4.43. The predicted octanol–water partition coefficient (Wildman–Crippen LogP) is 3.11. The third-order valence-electron chi connectivity index (χ3n) is 2.76. The Kier molecular flexibility index (Phi) is 4.68. The van der Waals surface area contributed by atoms with Gasteiger partial charge in [0, 0.05) is 38.5 Å². The van der Waals surface area contributed by atoms with Gasteiger partial charge < -0.3 is 4.90 Å². The van der Waals surface area contributed by atoms with Crippen molar-refractivity contribution in [2.75, 3.05) is 11.9 Å². The van der Waals surface area contributed by atoms with Gasteiger partial charge in [-0.25, -0.2) is 9.97 Å². The first-order valence-electron chi connectivity index (χ1n) is 6.32. The molecule has 0 aliphatic heterocycles. The molecule has 0 N–H and O–H groups in total. The number of anilines is 1. The second-order valence-corrected chi connectivity index (χ2v) is 4.81. The molecule has 2 aromatic heterocycles. The van der Waals surface area contributed by atoms with Crippen molar-refractivity contribution in [2.24, 2.45) is 0 Å². The highest BCUT2D eigenvalue weighted by Crippen LogP contribution is 2.17. The number of halogens is 1. The lowest BCUT2D eigenvalue weighted by Crippen LogP contribution is -2.18. The third-order valence-corrected chi connectivity index (χ3v) is 2.96. The van der Waals surface area contributed by atoms with Crippen LogP contribution in [0.5, 0.6) is 0 Å². The minimum absolute atomic E-state index is 0.495. The summed E-state index contributed by atoms with van der Waals surface area (Å²) in [6.45, 7) is 2.87. The van der Waals surface area contributed by atoms with Gasteiger partial charge in [-0.3, -0.25) is 4.98 Å². The van der Waals surface area contributed by atoms with E-state index in [0.717, 1.165) is 31.0 Å². The van der Waals surface area contributed by atoms with Crippen LogP contribution in [0.15, 0.2) is 30.6 Å². The molecule has 0 spiro atoms. The smallest absolute Gasteiger partial charge is 0.134 e. The van der Waals surface area contributed by atoms with Gasteiger partial charge in [-0.1, -0.05) is 18.5 Å². The van der Waals surface area contributed by atoms with Gasteiger partial charge in [0.05, 0.1) is 0 Å². The summed E-state index contributed by atoms with van der Waals surface area (Å²) in [5.41, 5.74) is 1.18. The normalized spacial score (nSPS) is 10.5. The molecule has 0 bridgehead atoms. The van der Waals surface area contributed by atoms with Crippen LogP contribution in [0, 0.1) is 0 Å². The molecule has 0 radical (unpaired) electrons. The van der Waals surface area contributed by atoms with Gasteiger partial charge in [0.15, 0.2) is 0 Å². The van der Waals surface area contributed by atoms with Crippen LogP contribution in [0.25, 0.3) is 0 Å². The molecule has 0 fully saturated rings. The van der Waals surface area contributed by atoms with Crippen LogP contribution < -0.4 is 4.90 Å². The number of hydrogen-bond acceptors (Lipinski definition) is 4. The Morgan fingerprint density at radius 1 is 1.21 bits per heavy atom. The number of rotatable bonds is 5. The van der Waals surface area contributed by atoms with E-state index in [1.807, 2.05) is 19.2 Å². The lowest BCUT2D eigenvalue weighted by Gasteiger charge is -2.18. The molecule has 2 heterocycles. The molecule has 19 heavy (non-hydrogen) atoms. The van der Waals surface area contributed by atoms with E-state index in [0.29, 0.717) is 5.15 Å². The van der Waals surface area contributed by atoms with Gasteiger partial charge in [0.25, 0.3) is 0 Å².